The number of carbonyl (C=O) groups excluding carboxylic acids is 6. The van der Waals surface area contributed by atoms with Gasteiger partial charge in [0.25, 0.3) is 15.9 Å². The highest BCUT2D eigenvalue weighted by atomic mass is 32.2. The molecule has 4 aliphatic rings. The minimum atomic E-state index is -4.06. The van der Waals surface area contributed by atoms with Gasteiger partial charge in [0.05, 0.1) is 47.5 Å². The van der Waals surface area contributed by atoms with E-state index in [-0.39, 0.29) is 99.5 Å². The van der Waals surface area contributed by atoms with Gasteiger partial charge in [-0.15, -0.1) is 0 Å². The zero-order valence-corrected chi connectivity index (χ0v) is 45.2. The van der Waals surface area contributed by atoms with Crippen LogP contribution in [0, 0.1) is 5.92 Å². The number of ether oxygens (including phenoxy) is 3. The fourth-order valence-electron chi connectivity index (χ4n) is 8.68. The van der Waals surface area contributed by atoms with Gasteiger partial charge < -0.3 is 55.4 Å². The van der Waals surface area contributed by atoms with Crippen molar-refractivity contribution in [3.8, 4) is 11.5 Å². The molecule has 5 unspecified atom stereocenters. The molecule has 414 valence electrons. The number of phenols is 2. The molecule has 5 aromatic carbocycles. The van der Waals surface area contributed by atoms with E-state index >= 15 is 0 Å². The molecule has 5 amide bonds. The largest absolute Gasteiger partial charge is 0.508 e. The number of hydrogen-bond donors (Lipinski definition) is 7. The Bertz CT molecular complexity index is 3340. The first-order chi connectivity index (χ1) is 37.7. The molecule has 9 rings (SSSR count). The molecule has 3 heterocycles. The Morgan fingerprint density at radius 2 is 1.56 bits per heavy atom. The van der Waals surface area contributed by atoms with Gasteiger partial charge in [0.15, 0.2) is 0 Å². The molecule has 2 saturated heterocycles. The highest BCUT2D eigenvalue weighted by Crippen LogP contribution is 2.42. The van der Waals surface area contributed by atoms with E-state index in [1.54, 1.807) is 39.3 Å². The number of aryl methyl sites for hydroxylation is 2. The van der Waals surface area contributed by atoms with Crippen LogP contribution in [0.15, 0.2) is 137 Å². The summed E-state index contributed by atoms with van der Waals surface area (Å²) in [5, 5.41) is 33.5. The van der Waals surface area contributed by atoms with Crippen molar-refractivity contribution in [1.29, 1.82) is 0 Å². The molecule has 79 heavy (non-hydrogen) atoms. The lowest BCUT2D eigenvalue weighted by molar-refractivity contribution is -0.145. The van der Waals surface area contributed by atoms with Crippen LogP contribution in [-0.4, -0.2) is 111 Å². The molecule has 1 aliphatic carbocycles. The second kappa shape index (κ2) is 25.4. The van der Waals surface area contributed by atoms with Crippen molar-refractivity contribution in [2.24, 2.45) is 11.1 Å². The fourth-order valence-corrected chi connectivity index (χ4v) is 9.79. The number of benzene rings is 5. The summed E-state index contributed by atoms with van der Waals surface area (Å²) in [4.78, 5) is 77.9. The molecule has 0 saturated carbocycles. The Labute approximate surface area is 456 Å². The molecule has 5 atom stereocenters. The van der Waals surface area contributed by atoms with E-state index in [1.165, 1.54) is 66.6 Å². The van der Waals surface area contributed by atoms with Crippen molar-refractivity contribution in [3.63, 3.8) is 0 Å². The SMILES string of the molecule is CCc1cc(CC)cc(C(=O)Nc2cc(O)ccc2O)c1.CN1C(=O)NC2NC(=O)NC21.COC(=O)C(C)C1C=C(C=C2C(=O)ON=C2c2ccc(NS(=O)(=O)c3cccc(C(=O)OCCC(C)OC)c3)cc2)c2ccccc21. The van der Waals surface area contributed by atoms with E-state index in [2.05, 4.69) is 37.2 Å². The van der Waals surface area contributed by atoms with Gasteiger partial charge in [-0.2, -0.15) is 0 Å². The molecule has 7 N–H and O–H groups in total. The van der Waals surface area contributed by atoms with Gasteiger partial charge in [0, 0.05) is 49.4 Å². The Hall–Kier alpha value is -9.02. The van der Waals surface area contributed by atoms with E-state index in [9.17, 15) is 47.4 Å². The number of urea groups is 2. The van der Waals surface area contributed by atoms with Crippen molar-refractivity contribution in [2.75, 3.05) is 37.9 Å². The molecule has 0 aromatic heterocycles. The van der Waals surface area contributed by atoms with Gasteiger partial charge in [0.2, 0.25) is 0 Å². The minimum Gasteiger partial charge on any atom is -0.508 e. The quantitative estimate of drug-likeness (QED) is 0.0168. The number of rotatable bonds is 16. The van der Waals surface area contributed by atoms with E-state index in [0.29, 0.717) is 17.5 Å². The summed E-state index contributed by atoms with van der Waals surface area (Å²) in [5.74, 6) is -2.71. The summed E-state index contributed by atoms with van der Waals surface area (Å²) in [7, 11) is 0.484. The van der Waals surface area contributed by atoms with Crippen LogP contribution in [0.25, 0.3) is 5.57 Å². The van der Waals surface area contributed by atoms with Crippen LogP contribution in [0.5, 0.6) is 11.5 Å². The van der Waals surface area contributed by atoms with Gasteiger partial charge in [-0.05, 0) is 108 Å². The zero-order valence-electron chi connectivity index (χ0n) is 44.4. The van der Waals surface area contributed by atoms with Gasteiger partial charge in [-0.3, -0.25) is 14.3 Å². The van der Waals surface area contributed by atoms with Crippen molar-refractivity contribution in [3.05, 3.63) is 166 Å². The molecule has 3 aliphatic heterocycles. The number of nitrogens with zero attached hydrogens (tertiary/aromatic N) is 2. The van der Waals surface area contributed by atoms with Gasteiger partial charge in [-0.25, -0.2) is 27.6 Å². The molecule has 22 heteroatoms. The number of allylic oxidation sites excluding steroid dienone is 3. The normalized spacial score (nSPS) is 18.1. The fraction of sp³-hybridized carbons (Fsp3) is 0.281. The lowest BCUT2D eigenvalue weighted by Crippen LogP contribution is -2.40. The van der Waals surface area contributed by atoms with Gasteiger partial charge in [0.1, 0.15) is 29.5 Å². The standard InChI is InChI=1S/C35H34N2O9S.C17H19NO3.C5H8N4O2/c1-21(43-3)16-17-45-34(39)24-8-7-9-27(18-24)47(41,42)37-26-14-12-23(13-15-26)32-31(35(40)46-36-32)20-25-19-30(22(2)33(38)44-4)29-11-6-5-10-28(25)29;1-3-11-7-12(4-2)9-13(8-11)17(21)18-15-10-14(19)5-6-16(15)20;1-9-3-2(7-5(9)11)6-4(10)8-3/h5-15,18-22,30,37H,16-17H2,1-4H3;5-10,19-20H,3-4H2,1-2H3,(H,18,21);2-3H,1H3,(H,7,11)(H2,6,8,10). The number of amides is 5. The Morgan fingerprint density at radius 3 is 2.23 bits per heavy atom. The number of esters is 2. The van der Waals surface area contributed by atoms with Crippen molar-refractivity contribution in [1.82, 2.24) is 20.9 Å². The second-order valence-electron chi connectivity index (χ2n) is 18.6. The Morgan fingerprint density at radius 1 is 0.848 bits per heavy atom. The summed E-state index contributed by atoms with van der Waals surface area (Å²) in [6, 6.07) is 28.8. The van der Waals surface area contributed by atoms with E-state index in [0.717, 1.165) is 40.7 Å². The molecule has 21 nitrogen and oxygen atoms in total. The molecule has 5 aromatic rings. The van der Waals surface area contributed by atoms with E-state index in [4.69, 9.17) is 19.0 Å². The van der Waals surface area contributed by atoms with E-state index in [1.807, 2.05) is 63.2 Å². The van der Waals surface area contributed by atoms with Gasteiger partial charge in [-0.1, -0.05) is 80.5 Å². The molecular formula is C57H61N7O14S. The number of carbonyl (C=O) groups is 6. The number of nitrogens with one attached hydrogen (secondary N) is 5. The third kappa shape index (κ3) is 13.9. The molecule has 2 fully saturated rings. The van der Waals surface area contributed by atoms with E-state index < -0.39 is 27.9 Å². The van der Waals surface area contributed by atoms with Crippen LogP contribution in [0.3, 0.4) is 0 Å². The summed E-state index contributed by atoms with van der Waals surface area (Å²) in [6.07, 6.45) is 5.22. The Kier molecular flexibility index (Phi) is 18.6. The first kappa shape index (κ1) is 57.7. The number of likely N-dealkylation sites (N-methyl/N-ethyl adjacent to an activating group) is 1. The number of fused-ring (bicyclic) bond motifs is 2. The summed E-state index contributed by atoms with van der Waals surface area (Å²) in [5.41, 5.74) is 6.85. The number of oxime groups is 1. The lowest BCUT2D eigenvalue weighted by Gasteiger charge is -2.16. The molecule has 0 spiro atoms. The summed E-state index contributed by atoms with van der Waals surface area (Å²) < 4.78 is 44.2. The summed E-state index contributed by atoms with van der Waals surface area (Å²) in [6.45, 7) is 7.86. The maximum Gasteiger partial charge on any atom is 0.368 e. The third-order valence-electron chi connectivity index (χ3n) is 13.3. The molecule has 0 radical (unpaired) electrons. The van der Waals surface area contributed by atoms with Crippen LogP contribution in [0.2, 0.25) is 0 Å². The number of sulfonamides is 1. The third-order valence-corrected chi connectivity index (χ3v) is 14.7. The number of methoxy groups -OCH3 is 2. The highest BCUT2D eigenvalue weighted by Gasteiger charge is 2.43. The van der Waals surface area contributed by atoms with Crippen LogP contribution >= 0.6 is 0 Å². The van der Waals surface area contributed by atoms with Crippen LogP contribution in [-0.2, 0) is 51.5 Å². The van der Waals surface area contributed by atoms with Crippen molar-refractivity contribution >= 4 is 68.6 Å². The number of aromatic hydroxyl groups is 2. The van der Waals surface area contributed by atoms with Crippen LogP contribution in [0.4, 0.5) is 21.0 Å². The average Bonchev–Trinajstić information content (AvgIpc) is 4.23. The number of anilines is 2. The molecular weight excluding hydrogens is 1040 g/mol. The maximum atomic E-state index is 13.2. The second-order valence-corrected chi connectivity index (χ2v) is 20.3. The average molecular weight is 1100 g/mol. The highest BCUT2D eigenvalue weighted by molar-refractivity contribution is 7.92. The predicted molar refractivity (Wildman–Crippen MR) is 293 cm³/mol. The van der Waals surface area contributed by atoms with Crippen molar-refractivity contribution in [2.45, 2.75) is 76.2 Å². The molecule has 0 bridgehead atoms. The number of hydrogen-bond acceptors (Lipinski definition) is 15. The zero-order chi connectivity index (χ0) is 57.1. The summed E-state index contributed by atoms with van der Waals surface area (Å²) >= 11 is 0. The number of phenolic OH excluding ortho intramolecular Hbond substituents is 2. The van der Waals surface area contributed by atoms with Gasteiger partial charge >= 0.3 is 30.0 Å². The Balaban J connectivity index is 0.000000228. The smallest absolute Gasteiger partial charge is 0.368 e. The topological polar surface area (TPSA) is 290 Å². The van der Waals surface area contributed by atoms with Crippen LogP contribution < -0.4 is 26.0 Å². The van der Waals surface area contributed by atoms with Crippen molar-refractivity contribution < 1.29 is 66.4 Å². The first-order valence-corrected chi connectivity index (χ1v) is 26.6. The monoisotopic (exact) mass is 1100 g/mol. The lowest BCUT2D eigenvalue weighted by atomic mass is 9.89. The minimum absolute atomic E-state index is 0.0142. The first-order valence-electron chi connectivity index (χ1n) is 25.1. The maximum absolute atomic E-state index is 13.2. The predicted octanol–water partition coefficient (Wildman–Crippen LogP) is 7.33. The van der Waals surface area contributed by atoms with Crippen LogP contribution in [0.1, 0.15) is 88.6 Å².